The van der Waals surface area contributed by atoms with Crippen molar-refractivity contribution in [1.29, 1.82) is 0 Å². The first-order valence-electron chi connectivity index (χ1n) is 6.85. The number of hydrogen-bond donors (Lipinski definition) is 1. The molecular formula is C17H18N2O2. The van der Waals surface area contributed by atoms with Crippen LogP contribution in [0.2, 0.25) is 0 Å². The smallest absolute Gasteiger partial charge is 0.187 e. The molecule has 1 aromatic carbocycles. The third-order valence-corrected chi connectivity index (χ3v) is 2.83. The molecule has 2 aromatic rings. The van der Waals surface area contributed by atoms with Crippen LogP contribution in [0.4, 0.5) is 5.69 Å². The van der Waals surface area contributed by atoms with Gasteiger partial charge >= 0.3 is 0 Å². The number of anilines is 1. The molecule has 4 nitrogen and oxygen atoms in total. The number of benzene rings is 1. The number of allylic oxidation sites excluding steroid dienone is 1. The Morgan fingerprint density at radius 3 is 2.76 bits per heavy atom. The summed E-state index contributed by atoms with van der Waals surface area (Å²) in [6.45, 7) is 2.64. The highest BCUT2D eigenvalue weighted by Crippen LogP contribution is 2.13. The van der Waals surface area contributed by atoms with Gasteiger partial charge in [0.15, 0.2) is 5.78 Å². The summed E-state index contributed by atoms with van der Waals surface area (Å²) in [6, 6.07) is 9.02. The molecule has 0 saturated heterocycles. The lowest BCUT2D eigenvalue weighted by Crippen LogP contribution is -1.99. The van der Waals surface area contributed by atoms with Gasteiger partial charge in [-0.1, -0.05) is 25.1 Å². The lowest BCUT2D eigenvalue weighted by Gasteiger charge is -2.04. The largest absolute Gasteiger partial charge is 0.492 e. The minimum absolute atomic E-state index is 0.110. The molecule has 0 spiro atoms. The summed E-state index contributed by atoms with van der Waals surface area (Å²) in [4.78, 5) is 16.1. The summed E-state index contributed by atoms with van der Waals surface area (Å²) in [6.07, 6.45) is 7.33. The first-order chi connectivity index (χ1) is 10.2. The highest BCUT2D eigenvalue weighted by molar-refractivity contribution is 6.06. The predicted molar refractivity (Wildman–Crippen MR) is 84.2 cm³/mol. The molecule has 0 aliphatic carbocycles. The van der Waals surface area contributed by atoms with Crippen molar-refractivity contribution >= 4 is 17.5 Å². The van der Waals surface area contributed by atoms with Crippen molar-refractivity contribution in [1.82, 2.24) is 4.98 Å². The minimum Gasteiger partial charge on any atom is -0.492 e. The topological polar surface area (TPSA) is 65.2 Å². The van der Waals surface area contributed by atoms with Crippen LogP contribution in [0.1, 0.15) is 29.3 Å². The van der Waals surface area contributed by atoms with Crippen LogP contribution in [0.15, 0.2) is 48.8 Å². The van der Waals surface area contributed by atoms with Crippen molar-refractivity contribution in [3.8, 4) is 5.75 Å². The van der Waals surface area contributed by atoms with E-state index in [4.69, 9.17) is 10.5 Å². The fourth-order valence-electron chi connectivity index (χ4n) is 1.73. The number of aromatic nitrogens is 1. The van der Waals surface area contributed by atoms with E-state index in [0.717, 1.165) is 12.0 Å². The van der Waals surface area contributed by atoms with Gasteiger partial charge in [-0.05, 0) is 36.3 Å². The van der Waals surface area contributed by atoms with E-state index in [0.29, 0.717) is 23.6 Å². The van der Waals surface area contributed by atoms with Crippen molar-refractivity contribution in [2.24, 2.45) is 0 Å². The van der Waals surface area contributed by atoms with Gasteiger partial charge in [-0.2, -0.15) is 0 Å². The van der Waals surface area contributed by atoms with Crippen LogP contribution in [-0.2, 0) is 0 Å². The van der Waals surface area contributed by atoms with E-state index >= 15 is 0 Å². The van der Waals surface area contributed by atoms with Crippen LogP contribution in [0.3, 0.4) is 0 Å². The van der Waals surface area contributed by atoms with E-state index in [2.05, 4.69) is 4.98 Å². The van der Waals surface area contributed by atoms with Crippen LogP contribution in [0.25, 0.3) is 6.08 Å². The number of rotatable bonds is 6. The Morgan fingerprint density at radius 2 is 2.05 bits per heavy atom. The van der Waals surface area contributed by atoms with Crippen molar-refractivity contribution in [3.63, 3.8) is 0 Å². The van der Waals surface area contributed by atoms with Crippen LogP contribution in [0, 0.1) is 0 Å². The number of nitrogen functional groups attached to an aromatic ring is 1. The van der Waals surface area contributed by atoms with Gasteiger partial charge in [0.1, 0.15) is 5.75 Å². The second-order valence-electron chi connectivity index (χ2n) is 4.62. The summed E-state index contributed by atoms with van der Waals surface area (Å²) < 4.78 is 5.47. The molecule has 0 saturated carbocycles. The van der Waals surface area contributed by atoms with Gasteiger partial charge in [-0.15, -0.1) is 0 Å². The highest BCUT2D eigenvalue weighted by atomic mass is 16.5. The maximum absolute atomic E-state index is 12.1. The SMILES string of the molecule is CCCOc1cncc(C(=O)/C=C/c2ccc(N)cc2)c1. The zero-order valence-electron chi connectivity index (χ0n) is 12.0. The molecule has 0 unspecified atom stereocenters. The number of pyridine rings is 1. The maximum Gasteiger partial charge on any atom is 0.187 e. The van der Waals surface area contributed by atoms with E-state index in [1.807, 2.05) is 19.1 Å². The zero-order chi connectivity index (χ0) is 15.1. The fraction of sp³-hybridized carbons (Fsp3) is 0.176. The Morgan fingerprint density at radius 1 is 1.29 bits per heavy atom. The second-order valence-corrected chi connectivity index (χ2v) is 4.62. The summed E-state index contributed by atoms with van der Waals surface area (Å²) in [7, 11) is 0. The summed E-state index contributed by atoms with van der Waals surface area (Å²) in [5.41, 5.74) is 7.74. The number of hydrogen-bond acceptors (Lipinski definition) is 4. The summed E-state index contributed by atoms with van der Waals surface area (Å²) in [5, 5.41) is 0. The molecule has 0 bridgehead atoms. The van der Waals surface area contributed by atoms with Crippen LogP contribution in [-0.4, -0.2) is 17.4 Å². The standard InChI is InChI=1S/C17H18N2O2/c1-2-9-21-16-10-14(11-19-12-16)17(20)8-5-13-3-6-15(18)7-4-13/h3-8,10-12H,2,9,18H2,1H3/b8-5+. The van der Waals surface area contributed by atoms with Crippen LogP contribution in [0.5, 0.6) is 5.75 Å². The molecule has 0 aliphatic rings. The van der Waals surface area contributed by atoms with Crippen molar-refractivity contribution in [2.75, 3.05) is 12.3 Å². The molecule has 108 valence electrons. The Kier molecular flexibility index (Phi) is 5.10. The minimum atomic E-state index is -0.110. The molecule has 0 amide bonds. The Balaban J connectivity index is 2.07. The highest BCUT2D eigenvalue weighted by Gasteiger charge is 2.04. The van der Waals surface area contributed by atoms with Crippen molar-refractivity contribution < 1.29 is 9.53 Å². The molecule has 1 aromatic heterocycles. The van der Waals surface area contributed by atoms with E-state index in [1.165, 1.54) is 12.3 Å². The van der Waals surface area contributed by atoms with Gasteiger partial charge in [0, 0.05) is 17.4 Å². The number of ether oxygens (including phenoxy) is 1. The summed E-state index contributed by atoms with van der Waals surface area (Å²) in [5.74, 6) is 0.504. The third-order valence-electron chi connectivity index (χ3n) is 2.83. The van der Waals surface area contributed by atoms with Crippen LogP contribution >= 0.6 is 0 Å². The van der Waals surface area contributed by atoms with E-state index in [-0.39, 0.29) is 5.78 Å². The van der Waals surface area contributed by atoms with Gasteiger partial charge in [0.2, 0.25) is 0 Å². The fourth-order valence-corrected chi connectivity index (χ4v) is 1.73. The normalized spacial score (nSPS) is 10.7. The van der Waals surface area contributed by atoms with Crippen molar-refractivity contribution in [2.45, 2.75) is 13.3 Å². The van der Waals surface area contributed by atoms with Gasteiger partial charge in [-0.3, -0.25) is 9.78 Å². The van der Waals surface area contributed by atoms with Gasteiger partial charge < -0.3 is 10.5 Å². The molecule has 4 heteroatoms. The first-order valence-corrected chi connectivity index (χ1v) is 6.85. The Hall–Kier alpha value is -2.62. The molecule has 21 heavy (non-hydrogen) atoms. The molecule has 2 N–H and O–H groups in total. The zero-order valence-corrected chi connectivity index (χ0v) is 12.0. The average molecular weight is 282 g/mol. The first kappa shape index (κ1) is 14.8. The Bertz CT molecular complexity index is 633. The average Bonchev–Trinajstić information content (AvgIpc) is 2.52. The monoisotopic (exact) mass is 282 g/mol. The quantitative estimate of drug-likeness (QED) is 0.501. The van der Waals surface area contributed by atoms with Crippen molar-refractivity contribution in [3.05, 3.63) is 59.9 Å². The molecular weight excluding hydrogens is 264 g/mol. The third kappa shape index (κ3) is 4.45. The van der Waals surface area contributed by atoms with E-state index in [9.17, 15) is 4.79 Å². The van der Waals surface area contributed by atoms with Crippen LogP contribution < -0.4 is 10.5 Å². The molecule has 1 heterocycles. The second kappa shape index (κ2) is 7.24. The van der Waals surface area contributed by atoms with Gasteiger partial charge in [-0.25, -0.2) is 0 Å². The number of carbonyl (C=O) groups excluding carboxylic acids is 1. The molecule has 0 atom stereocenters. The molecule has 0 fully saturated rings. The number of nitrogens with two attached hydrogens (primary N) is 1. The lowest BCUT2D eigenvalue weighted by atomic mass is 10.1. The van der Waals surface area contributed by atoms with Gasteiger partial charge in [0.25, 0.3) is 0 Å². The number of nitrogens with zero attached hydrogens (tertiary/aromatic N) is 1. The van der Waals surface area contributed by atoms with E-state index in [1.54, 1.807) is 30.5 Å². The van der Waals surface area contributed by atoms with E-state index < -0.39 is 0 Å². The Labute approximate surface area is 124 Å². The molecule has 2 rings (SSSR count). The lowest BCUT2D eigenvalue weighted by molar-refractivity contribution is 0.104. The summed E-state index contributed by atoms with van der Waals surface area (Å²) >= 11 is 0. The van der Waals surface area contributed by atoms with Gasteiger partial charge in [0.05, 0.1) is 12.8 Å². The number of ketones is 1. The molecule has 0 aliphatic heterocycles. The molecule has 0 radical (unpaired) electrons. The number of carbonyl (C=O) groups is 1. The predicted octanol–water partition coefficient (Wildman–Crippen LogP) is 3.35. The maximum atomic E-state index is 12.1.